The maximum Gasteiger partial charge on any atom is 0.267 e. The molecular formula is C7H6Cl2F2N2. The van der Waals surface area contributed by atoms with Crippen LogP contribution in [-0.2, 0) is 5.88 Å². The smallest absolute Gasteiger partial charge is 0.267 e. The third kappa shape index (κ3) is 2.00. The SMILES string of the molecule is Nc1cnc(CCl)c(Cl)c1C(F)F. The molecule has 1 heterocycles. The number of aromatic nitrogens is 1. The standard InChI is InChI=1S/C7H6Cl2F2N2/c8-1-4-6(9)5(7(10)11)3(12)2-13-4/h2,7H,1,12H2. The highest BCUT2D eigenvalue weighted by molar-refractivity contribution is 6.33. The Morgan fingerprint density at radius 1 is 1.54 bits per heavy atom. The van der Waals surface area contributed by atoms with Crippen LogP contribution >= 0.6 is 23.2 Å². The first-order valence-corrected chi connectivity index (χ1v) is 4.26. The first-order chi connectivity index (χ1) is 6.07. The summed E-state index contributed by atoms with van der Waals surface area (Å²) in [7, 11) is 0. The van der Waals surface area contributed by atoms with E-state index in [2.05, 4.69) is 4.98 Å². The Kier molecular flexibility index (Phi) is 3.27. The topological polar surface area (TPSA) is 38.9 Å². The summed E-state index contributed by atoms with van der Waals surface area (Å²) in [6, 6.07) is 0. The van der Waals surface area contributed by atoms with Gasteiger partial charge in [-0.25, -0.2) is 8.78 Å². The zero-order valence-corrected chi connectivity index (χ0v) is 7.91. The summed E-state index contributed by atoms with van der Waals surface area (Å²) in [4.78, 5) is 3.72. The molecule has 6 heteroatoms. The number of alkyl halides is 3. The molecule has 1 aromatic rings. The van der Waals surface area contributed by atoms with Crippen molar-refractivity contribution in [3.63, 3.8) is 0 Å². The number of nitrogens with zero attached hydrogens (tertiary/aromatic N) is 1. The Bertz CT molecular complexity index is 318. The molecule has 0 saturated heterocycles. The van der Waals surface area contributed by atoms with Gasteiger partial charge in [0.15, 0.2) is 0 Å². The number of hydrogen-bond acceptors (Lipinski definition) is 2. The summed E-state index contributed by atoms with van der Waals surface area (Å²) < 4.78 is 24.7. The van der Waals surface area contributed by atoms with Gasteiger partial charge in [-0.05, 0) is 0 Å². The van der Waals surface area contributed by atoms with Crippen molar-refractivity contribution in [1.82, 2.24) is 4.98 Å². The van der Waals surface area contributed by atoms with Crippen molar-refractivity contribution in [3.8, 4) is 0 Å². The van der Waals surface area contributed by atoms with Crippen LogP contribution in [0.25, 0.3) is 0 Å². The van der Waals surface area contributed by atoms with E-state index in [1.165, 1.54) is 0 Å². The molecule has 2 N–H and O–H groups in total. The summed E-state index contributed by atoms with van der Waals surface area (Å²) >= 11 is 11.0. The van der Waals surface area contributed by atoms with Gasteiger partial charge >= 0.3 is 0 Å². The highest BCUT2D eigenvalue weighted by atomic mass is 35.5. The van der Waals surface area contributed by atoms with Crippen LogP contribution in [0.1, 0.15) is 17.7 Å². The van der Waals surface area contributed by atoms with Gasteiger partial charge in [0, 0.05) is 0 Å². The second-order valence-corrected chi connectivity index (χ2v) is 2.97. The molecule has 0 bridgehead atoms. The number of halogens is 4. The second kappa shape index (κ2) is 4.07. The fourth-order valence-corrected chi connectivity index (χ4v) is 1.45. The fraction of sp³-hybridized carbons (Fsp3) is 0.286. The minimum absolute atomic E-state index is 0.0150. The van der Waals surface area contributed by atoms with E-state index in [0.717, 1.165) is 6.20 Å². The average molecular weight is 227 g/mol. The maximum absolute atomic E-state index is 12.4. The van der Waals surface area contributed by atoms with E-state index in [9.17, 15) is 8.78 Å². The first-order valence-electron chi connectivity index (χ1n) is 3.34. The number of nitrogen functional groups attached to an aromatic ring is 1. The molecule has 0 aromatic carbocycles. The molecule has 0 aliphatic heterocycles. The number of pyridine rings is 1. The summed E-state index contributed by atoms with van der Waals surface area (Å²) in [6.45, 7) is 0. The summed E-state index contributed by atoms with van der Waals surface area (Å²) in [5.74, 6) is -0.0150. The lowest BCUT2D eigenvalue weighted by atomic mass is 10.2. The number of nitrogens with two attached hydrogens (primary N) is 1. The Morgan fingerprint density at radius 2 is 2.15 bits per heavy atom. The van der Waals surface area contributed by atoms with Gasteiger partial charge in [-0.3, -0.25) is 4.98 Å². The highest BCUT2D eigenvalue weighted by Crippen LogP contribution is 2.33. The van der Waals surface area contributed by atoms with E-state index in [-0.39, 0.29) is 22.3 Å². The van der Waals surface area contributed by atoms with Gasteiger partial charge in [-0.2, -0.15) is 0 Å². The van der Waals surface area contributed by atoms with Crippen LogP contribution < -0.4 is 5.73 Å². The molecule has 0 aliphatic rings. The molecule has 2 nitrogen and oxygen atoms in total. The van der Waals surface area contributed by atoms with Gasteiger partial charge in [0.2, 0.25) is 0 Å². The van der Waals surface area contributed by atoms with Crippen LogP contribution in [0.2, 0.25) is 5.02 Å². The van der Waals surface area contributed by atoms with E-state index in [1.807, 2.05) is 0 Å². The average Bonchev–Trinajstić information content (AvgIpc) is 2.04. The van der Waals surface area contributed by atoms with Crippen molar-refractivity contribution in [3.05, 3.63) is 22.5 Å². The third-order valence-corrected chi connectivity index (χ3v) is 2.18. The molecule has 0 spiro atoms. The van der Waals surface area contributed by atoms with Crippen molar-refractivity contribution >= 4 is 28.9 Å². The van der Waals surface area contributed by atoms with Crippen molar-refractivity contribution in [2.45, 2.75) is 12.3 Å². The molecule has 13 heavy (non-hydrogen) atoms. The molecule has 0 unspecified atom stereocenters. The van der Waals surface area contributed by atoms with Crippen LogP contribution in [0, 0.1) is 0 Å². The first kappa shape index (κ1) is 10.5. The molecule has 0 aliphatic carbocycles. The highest BCUT2D eigenvalue weighted by Gasteiger charge is 2.18. The van der Waals surface area contributed by atoms with Crippen LogP contribution in [0.5, 0.6) is 0 Å². The van der Waals surface area contributed by atoms with Gasteiger partial charge in [0.05, 0.1) is 34.0 Å². The molecule has 0 radical (unpaired) electrons. The van der Waals surface area contributed by atoms with E-state index < -0.39 is 12.0 Å². The molecule has 1 rings (SSSR count). The van der Waals surface area contributed by atoms with E-state index in [0.29, 0.717) is 0 Å². The zero-order chi connectivity index (χ0) is 10.0. The zero-order valence-electron chi connectivity index (χ0n) is 6.40. The van der Waals surface area contributed by atoms with E-state index >= 15 is 0 Å². The largest absolute Gasteiger partial charge is 0.397 e. The molecule has 0 atom stereocenters. The monoisotopic (exact) mass is 226 g/mol. The van der Waals surface area contributed by atoms with Crippen LogP contribution in [-0.4, -0.2) is 4.98 Å². The molecular weight excluding hydrogens is 221 g/mol. The van der Waals surface area contributed by atoms with Crippen molar-refractivity contribution in [1.29, 1.82) is 0 Å². The number of anilines is 1. The summed E-state index contributed by atoms with van der Waals surface area (Å²) in [6.07, 6.45) is -1.58. The maximum atomic E-state index is 12.4. The molecule has 0 saturated carbocycles. The molecule has 0 fully saturated rings. The third-order valence-electron chi connectivity index (χ3n) is 1.51. The summed E-state index contributed by atoms with van der Waals surface area (Å²) in [5.41, 5.74) is 4.98. The lowest BCUT2D eigenvalue weighted by molar-refractivity contribution is 0.152. The fourth-order valence-electron chi connectivity index (χ4n) is 0.871. The Morgan fingerprint density at radius 3 is 2.62 bits per heavy atom. The van der Waals surface area contributed by atoms with Gasteiger partial charge in [0.25, 0.3) is 6.43 Å². The van der Waals surface area contributed by atoms with Gasteiger partial charge < -0.3 is 5.73 Å². The van der Waals surface area contributed by atoms with Gasteiger partial charge in [0.1, 0.15) is 0 Å². The van der Waals surface area contributed by atoms with E-state index in [1.54, 1.807) is 0 Å². The van der Waals surface area contributed by atoms with E-state index in [4.69, 9.17) is 28.9 Å². The molecule has 0 amide bonds. The minimum atomic E-state index is -2.71. The molecule has 1 aromatic heterocycles. The Balaban J connectivity index is 3.30. The van der Waals surface area contributed by atoms with Crippen LogP contribution in [0.3, 0.4) is 0 Å². The Labute approximate surface area is 83.7 Å². The van der Waals surface area contributed by atoms with Gasteiger partial charge in [-0.1, -0.05) is 11.6 Å². The Hall–Kier alpha value is -0.610. The number of rotatable bonds is 2. The van der Waals surface area contributed by atoms with Gasteiger partial charge in [-0.15, -0.1) is 11.6 Å². The van der Waals surface area contributed by atoms with Crippen LogP contribution in [0.15, 0.2) is 6.20 Å². The quantitative estimate of drug-likeness (QED) is 0.788. The minimum Gasteiger partial charge on any atom is -0.397 e. The molecule has 72 valence electrons. The number of hydrogen-bond donors (Lipinski definition) is 1. The van der Waals surface area contributed by atoms with Crippen molar-refractivity contribution < 1.29 is 8.78 Å². The normalized spacial score (nSPS) is 10.8. The predicted octanol–water partition coefficient (Wildman–Crippen LogP) is 2.99. The lowest BCUT2D eigenvalue weighted by Crippen LogP contribution is -2.00. The summed E-state index contributed by atoms with van der Waals surface area (Å²) in [5, 5.41) is -0.148. The van der Waals surface area contributed by atoms with Crippen molar-refractivity contribution in [2.75, 3.05) is 5.73 Å². The van der Waals surface area contributed by atoms with Crippen LogP contribution in [0.4, 0.5) is 14.5 Å². The second-order valence-electron chi connectivity index (χ2n) is 2.32. The lowest BCUT2D eigenvalue weighted by Gasteiger charge is -2.08. The predicted molar refractivity (Wildman–Crippen MR) is 48.2 cm³/mol. The van der Waals surface area contributed by atoms with Crippen molar-refractivity contribution in [2.24, 2.45) is 0 Å².